The number of para-hydroxylation sites is 5. The van der Waals surface area contributed by atoms with Crippen LogP contribution in [0.15, 0.2) is 200 Å². The van der Waals surface area contributed by atoms with E-state index in [0.717, 1.165) is 44.3 Å². The second-order valence-corrected chi connectivity index (χ2v) is 14.7. The summed E-state index contributed by atoms with van der Waals surface area (Å²) in [6, 6.07) is 72.8. The first-order chi connectivity index (χ1) is 27.8. The van der Waals surface area contributed by atoms with Crippen molar-refractivity contribution >= 4 is 76.2 Å². The van der Waals surface area contributed by atoms with Gasteiger partial charge in [-0.1, -0.05) is 152 Å². The maximum Gasteiger partial charge on any atom is 0.0794 e. The van der Waals surface area contributed by atoms with Crippen LogP contribution in [0.5, 0.6) is 0 Å². The molecule has 0 aliphatic heterocycles. The fraction of sp³-hybridized carbons (Fsp3) is 0. The van der Waals surface area contributed by atoms with E-state index in [1.807, 2.05) is 0 Å². The molecule has 0 bridgehead atoms. The van der Waals surface area contributed by atoms with Crippen LogP contribution < -0.4 is 0 Å². The van der Waals surface area contributed by atoms with Crippen molar-refractivity contribution in [2.24, 2.45) is 0 Å². The third-order valence-electron chi connectivity index (χ3n) is 11.7. The lowest BCUT2D eigenvalue weighted by atomic mass is 9.93. The van der Waals surface area contributed by atoms with Crippen molar-refractivity contribution in [3.8, 4) is 33.6 Å². The van der Waals surface area contributed by atoms with Crippen molar-refractivity contribution in [1.29, 1.82) is 0 Å². The van der Waals surface area contributed by atoms with Gasteiger partial charge in [-0.15, -0.1) is 0 Å². The first-order valence-corrected chi connectivity index (χ1v) is 19.2. The van der Waals surface area contributed by atoms with Crippen molar-refractivity contribution in [2.45, 2.75) is 0 Å². The number of rotatable bonds is 4. The minimum atomic E-state index is 1.00. The van der Waals surface area contributed by atoms with E-state index in [2.05, 4.69) is 209 Å². The summed E-state index contributed by atoms with van der Waals surface area (Å²) < 4.78 is 4.86. The summed E-state index contributed by atoms with van der Waals surface area (Å²) in [6.45, 7) is 0. The Labute approximate surface area is 322 Å². The zero-order valence-corrected chi connectivity index (χ0v) is 30.4. The van der Waals surface area contributed by atoms with Crippen molar-refractivity contribution in [3.05, 3.63) is 200 Å². The molecule has 3 heterocycles. The zero-order valence-electron chi connectivity index (χ0n) is 30.4. The van der Waals surface area contributed by atoms with Gasteiger partial charge in [0.2, 0.25) is 0 Å². The van der Waals surface area contributed by atoms with Crippen LogP contribution in [0.1, 0.15) is 0 Å². The largest absolute Gasteiger partial charge is 0.309 e. The van der Waals surface area contributed by atoms with E-state index in [0.29, 0.717) is 0 Å². The van der Waals surface area contributed by atoms with Crippen LogP contribution in [-0.4, -0.2) is 14.1 Å². The molecule has 3 aromatic heterocycles. The topological polar surface area (TPSA) is 22.8 Å². The van der Waals surface area contributed by atoms with Crippen molar-refractivity contribution in [1.82, 2.24) is 14.1 Å². The summed E-state index contributed by atoms with van der Waals surface area (Å²) in [4.78, 5) is 5.21. The Morgan fingerprint density at radius 2 is 0.750 bits per heavy atom. The zero-order chi connectivity index (χ0) is 36.7. The molecule has 12 rings (SSSR count). The van der Waals surface area contributed by atoms with Crippen LogP contribution >= 0.6 is 0 Å². The van der Waals surface area contributed by atoms with Gasteiger partial charge in [-0.05, 0) is 70.6 Å². The van der Waals surface area contributed by atoms with E-state index in [1.54, 1.807) is 0 Å². The number of hydrogen-bond acceptors (Lipinski definition) is 1. The SMILES string of the molecule is c1ccc2c(c1)ccc1c(-c3ccc(-c4cc(-n5c6ccccc6c6ccccc65)cc(-n5c6ccccc6c6ccccc65)c4)cc3)c3ccccc3nc12. The minimum Gasteiger partial charge on any atom is -0.309 e. The van der Waals surface area contributed by atoms with Crippen molar-refractivity contribution in [2.75, 3.05) is 0 Å². The number of benzene rings is 9. The van der Waals surface area contributed by atoms with Gasteiger partial charge in [0.25, 0.3) is 0 Å². The molecule has 0 amide bonds. The lowest BCUT2D eigenvalue weighted by molar-refractivity contribution is 1.13. The Hall–Kier alpha value is -7.49. The minimum absolute atomic E-state index is 1.00. The summed E-state index contributed by atoms with van der Waals surface area (Å²) in [6.07, 6.45) is 0. The molecule has 260 valence electrons. The fourth-order valence-electron chi connectivity index (χ4n) is 9.19. The Kier molecular flexibility index (Phi) is 6.63. The molecule has 0 aliphatic carbocycles. The molecule has 0 aliphatic rings. The second kappa shape index (κ2) is 12.0. The van der Waals surface area contributed by atoms with Gasteiger partial charge >= 0.3 is 0 Å². The highest BCUT2D eigenvalue weighted by Gasteiger charge is 2.18. The normalized spacial score (nSPS) is 11.9. The van der Waals surface area contributed by atoms with Crippen LogP contribution in [0, 0.1) is 0 Å². The molecule has 0 fully saturated rings. The van der Waals surface area contributed by atoms with Gasteiger partial charge in [0.15, 0.2) is 0 Å². The van der Waals surface area contributed by atoms with Gasteiger partial charge in [-0.25, -0.2) is 4.98 Å². The molecule has 3 nitrogen and oxygen atoms in total. The summed E-state index contributed by atoms with van der Waals surface area (Å²) in [5.74, 6) is 0. The van der Waals surface area contributed by atoms with Gasteiger partial charge in [0.1, 0.15) is 0 Å². The first-order valence-electron chi connectivity index (χ1n) is 19.2. The summed E-state index contributed by atoms with van der Waals surface area (Å²) in [5, 5.41) is 9.70. The second-order valence-electron chi connectivity index (χ2n) is 14.7. The molecule has 0 atom stereocenters. The van der Waals surface area contributed by atoms with Crippen molar-refractivity contribution < 1.29 is 0 Å². The molecule has 0 saturated heterocycles. The molecule has 9 aromatic carbocycles. The molecular weight excluding hydrogens is 679 g/mol. The van der Waals surface area contributed by atoms with E-state index in [-0.39, 0.29) is 0 Å². The smallest absolute Gasteiger partial charge is 0.0794 e. The van der Waals surface area contributed by atoms with E-state index in [4.69, 9.17) is 4.98 Å². The summed E-state index contributed by atoms with van der Waals surface area (Å²) in [7, 11) is 0. The van der Waals surface area contributed by atoms with Gasteiger partial charge in [-0.3, -0.25) is 0 Å². The Morgan fingerprint density at radius 1 is 0.304 bits per heavy atom. The Morgan fingerprint density at radius 3 is 1.30 bits per heavy atom. The molecule has 0 spiro atoms. The quantitative estimate of drug-likeness (QED) is 0.132. The molecule has 12 aromatic rings. The van der Waals surface area contributed by atoms with Crippen LogP contribution in [0.2, 0.25) is 0 Å². The third kappa shape index (κ3) is 4.55. The molecule has 0 radical (unpaired) electrons. The lowest BCUT2D eigenvalue weighted by Gasteiger charge is -2.16. The molecule has 3 heteroatoms. The average Bonchev–Trinajstić information content (AvgIpc) is 3.79. The van der Waals surface area contributed by atoms with Crippen LogP contribution in [0.4, 0.5) is 0 Å². The number of fused-ring (bicyclic) bond motifs is 10. The van der Waals surface area contributed by atoms with Gasteiger partial charge < -0.3 is 9.13 Å². The van der Waals surface area contributed by atoms with E-state index in [1.165, 1.54) is 65.5 Å². The van der Waals surface area contributed by atoms with E-state index < -0.39 is 0 Å². The van der Waals surface area contributed by atoms with E-state index >= 15 is 0 Å². The number of nitrogens with zero attached hydrogens (tertiary/aromatic N) is 3. The summed E-state index contributed by atoms with van der Waals surface area (Å²) >= 11 is 0. The summed E-state index contributed by atoms with van der Waals surface area (Å²) in [5.41, 5.74) is 13.8. The number of aromatic nitrogens is 3. The molecular formula is C53H33N3. The van der Waals surface area contributed by atoms with Gasteiger partial charge in [-0.2, -0.15) is 0 Å². The van der Waals surface area contributed by atoms with Crippen LogP contribution in [-0.2, 0) is 0 Å². The highest BCUT2D eigenvalue weighted by Crippen LogP contribution is 2.41. The third-order valence-corrected chi connectivity index (χ3v) is 11.7. The number of hydrogen-bond donors (Lipinski definition) is 0. The molecule has 56 heavy (non-hydrogen) atoms. The monoisotopic (exact) mass is 711 g/mol. The predicted octanol–water partition coefficient (Wildman–Crippen LogP) is 14.1. The van der Waals surface area contributed by atoms with E-state index in [9.17, 15) is 0 Å². The molecule has 0 unspecified atom stereocenters. The number of pyridine rings is 1. The maximum atomic E-state index is 5.21. The van der Waals surface area contributed by atoms with Crippen LogP contribution in [0.3, 0.4) is 0 Å². The Bertz CT molecular complexity index is 3290. The highest BCUT2D eigenvalue weighted by molar-refractivity contribution is 6.17. The van der Waals surface area contributed by atoms with Gasteiger partial charge in [0.05, 0.1) is 33.1 Å². The Balaban J connectivity index is 1.11. The van der Waals surface area contributed by atoms with Crippen LogP contribution in [0.25, 0.3) is 110 Å². The highest BCUT2D eigenvalue weighted by atomic mass is 15.0. The maximum absolute atomic E-state index is 5.21. The predicted molar refractivity (Wildman–Crippen MR) is 236 cm³/mol. The first kappa shape index (κ1) is 30.9. The molecule has 0 saturated carbocycles. The standard InChI is InChI=1S/C53H33N3/c1-2-14-40-35(13-1)29-30-46-52(45-19-3-8-20-47(45)54-53(40)46)36-27-25-34(26-28-36)37-31-38(55-48-21-9-4-15-41(48)42-16-5-10-22-49(42)55)33-39(32-37)56-50-23-11-6-17-43(50)44-18-7-12-24-51(44)56/h1-33H. The molecule has 0 N–H and O–H groups in total. The lowest BCUT2D eigenvalue weighted by Crippen LogP contribution is -2.00. The average molecular weight is 712 g/mol. The van der Waals surface area contributed by atoms with Gasteiger partial charge in [0, 0.05) is 54.6 Å². The fourth-order valence-corrected chi connectivity index (χ4v) is 9.19. The van der Waals surface area contributed by atoms with Crippen molar-refractivity contribution in [3.63, 3.8) is 0 Å².